The van der Waals surface area contributed by atoms with Crippen LogP contribution in [0, 0.1) is 0 Å². The average molecular weight is 222 g/mol. The predicted molar refractivity (Wildman–Crippen MR) is 44.3 cm³/mol. The van der Waals surface area contributed by atoms with Gasteiger partial charge in [0.25, 0.3) is 5.97 Å². The number of carbonyl (C=O) groups is 1. The van der Waals surface area contributed by atoms with Crippen LogP contribution in [-0.4, -0.2) is 12.2 Å². The largest absolute Gasteiger partial charge is 0.557 e. The summed E-state index contributed by atoms with van der Waals surface area (Å²) in [5.41, 5.74) is 0. The van der Waals surface area contributed by atoms with Crippen molar-refractivity contribution in [2.45, 2.75) is 19.8 Å². The first-order chi connectivity index (χ1) is 4.45. The summed E-state index contributed by atoms with van der Waals surface area (Å²) in [5, 5.41) is 0. The highest BCUT2D eigenvalue weighted by molar-refractivity contribution is 7.62. The molecule has 60 valence electrons. The Morgan fingerprint density at radius 3 is 2.30 bits per heavy atom. The highest BCUT2D eigenvalue weighted by atomic mass is 35.8. The van der Waals surface area contributed by atoms with Gasteiger partial charge in [0.2, 0.25) is 0 Å². The summed E-state index contributed by atoms with van der Waals surface area (Å²) in [7, 11) is 0. The molecule has 0 aromatic carbocycles. The quantitative estimate of drug-likeness (QED) is 0.541. The zero-order valence-corrected chi connectivity index (χ0v) is 8.63. The molecule has 10 heavy (non-hydrogen) atoms. The van der Waals surface area contributed by atoms with E-state index < -0.39 is 12.2 Å². The fraction of sp³-hybridized carbons (Fsp3) is 0.750. The fourth-order valence-corrected chi connectivity index (χ4v) is 1.52. The maximum absolute atomic E-state index is 10.6. The molecule has 0 atom stereocenters. The van der Waals surface area contributed by atoms with Crippen LogP contribution in [0.25, 0.3) is 0 Å². The summed E-state index contributed by atoms with van der Waals surface area (Å²) >= 11 is 15.9. The minimum Gasteiger partial charge on any atom is -0.481 e. The van der Waals surface area contributed by atoms with Gasteiger partial charge in [0, 0.05) is 6.42 Å². The smallest absolute Gasteiger partial charge is 0.481 e. The zero-order valence-electron chi connectivity index (χ0n) is 5.36. The van der Waals surface area contributed by atoms with Gasteiger partial charge in [0.1, 0.15) is 0 Å². The second-order valence-corrected chi connectivity index (χ2v) is 9.30. The van der Waals surface area contributed by atoms with Gasteiger partial charge in [-0.15, -0.1) is 0 Å². The van der Waals surface area contributed by atoms with E-state index in [-0.39, 0.29) is 0 Å². The molecule has 0 bridgehead atoms. The summed E-state index contributed by atoms with van der Waals surface area (Å²) < 4.78 is 4.47. The molecular weight excluding hydrogens is 214 g/mol. The molecule has 0 heterocycles. The van der Waals surface area contributed by atoms with Crippen molar-refractivity contribution in [3.63, 3.8) is 0 Å². The first kappa shape index (κ1) is 10.6. The first-order valence-corrected chi connectivity index (χ1v) is 7.68. The molecule has 0 spiro atoms. The van der Waals surface area contributed by atoms with Crippen LogP contribution >= 0.6 is 33.2 Å². The maximum Gasteiger partial charge on any atom is 0.557 e. The van der Waals surface area contributed by atoms with Crippen molar-refractivity contribution < 1.29 is 9.22 Å². The predicted octanol–water partition coefficient (Wildman–Crippen LogP) is 2.48. The lowest BCUT2D eigenvalue weighted by atomic mass is 10.4. The molecule has 0 unspecified atom stereocenters. The monoisotopic (exact) mass is 220 g/mol. The van der Waals surface area contributed by atoms with Crippen LogP contribution < -0.4 is 0 Å². The van der Waals surface area contributed by atoms with Crippen LogP contribution in [0.1, 0.15) is 19.8 Å². The third kappa shape index (κ3) is 6.67. The molecule has 0 aromatic rings. The Morgan fingerprint density at radius 2 is 2.00 bits per heavy atom. The van der Waals surface area contributed by atoms with E-state index in [4.69, 9.17) is 33.2 Å². The molecule has 0 N–H and O–H groups in total. The van der Waals surface area contributed by atoms with E-state index in [2.05, 4.69) is 4.43 Å². The second kappa shape index (κ2) is 4.44. The van der Waals surface area contributed by atoms with Crippen molar-refractivity contribution in [1.82, 2.24) is 0 Å². The molecule has 0 radical (unpaired) electrons. The summed E-state index contributed by atoms with van der Waals surface area (Å²) in [6.07, 6.45) is -2.18. The van der Waals surface area contributed by atoms with Crippen LogP contribution in [0.3, 0.4) is 0 Å². The third-order valence-corrected chi connectivity index (χ3v) is 1.84. The van der Waals surface area contributed by atoms with Crippen LogP contribution in [0.4, 0.5) is 0 Å². The van der Waals surface area contributed by atoms with Crippen LogP contribution in [-0.2, 0) is 9.22 Å². The summed E-state index contributed by atoms with van der Waals surface area (Å²) in [5.74, 6) is -0.436. The Labute approximate surface area is 74.6 Å². The molecule has 0 aliphatic carbocycles. The van der Waals surface area contributed by atoms with Gasteiger partial charge in [0.05, 0.1) is 0 Å². The Bertz CT molecular complexity index is 122. The van der Waals surface area contributed by atoms with E-state index >= 15 is 0 Å². The molecule has 6 heteroatoms. The van der Waals surface area contributed by atoms with Gasteiger partial charge in [-0.3, -0.25) is 4.79 Å². The molecule has 0 aliphatic rings. The summed E-state index contributed by atoms with van der Waals surface area (Å²) in [6, 6.07) is 0. The zero-order chi connectivity index (χ0) is 8.20. The van der Waals surface area contributed by atoms with Crippen LogP contribution in [0.15, 0.2) is 0 Å². The molecule has 0 aromatic heterocycles. The van der Waals surface area contributed by atoms with Gasteiger partial charge in [-0.2, -0.15) is 0 Å². The highest BCUT2D eigenvalue weighted by Gasteiger charge is 2.32. The third-order valence-electron chi connectivity index (χ3n) is 0.684. The molecule has 0 saturated heterocycles. The molecule has 0 rings (SSSR count). The SMILES string of the molecule is CCCC(=O)O[Si](Cl)(Cl)Cl. The van der Waals surface area contributed by atoms with Crippen molar-refractivity contribution in [2.24, 2.45) is 0 Å². The Hall–Kier alpha value is 0.557. The minimum absolute atomic E-state index is 0.306. The van der Waals surface area contributed by atoms with Gasteiger partial charge in [0.15, 0.2) is 0 Å². The molecule has 0 amide bonds. The number of halogens is 3. The van der Waals surface area contributed by atoms with Crippen molar-refractivity contribution in [3.05, 3.63) is 0 Å². The second-order valence-electron chi connectivity index (χ2n) is 1.67. The lowest BCUT2D eigenvalue weighted by Gasteiger charge is -2.07. The van der Waals surface area contributed by atoms with E-state index in [0.717, 1.165) is 0 Å². The lowest BCUT2D eigenvalue weighted by Crippen LogP contribution is -2.21. The van der Waals surface area contributed by atoms with E-state index in [1.54, 1.807) is 0 Å². The van der Waals surface area contributed by atoms with Gasteiger partial charge in [-0.05, 0) is 6.42 Å². The standard InChI is InChI=1S/C4H7Cl3O2Si/c1-2-3-4(8)9-10(5,6)7/h2-3H2,1H3. The molecule has 0 fully saturated rings. The van der Waals surface area contributed by atoms with Crippen molar-refractivity contribution in [1.29, 1.82) is 0 Å². The minimum atomic E-state index is -3.19. The Morgan fingerprint density at radius 1 is 1.50 bits per heavy atom. The molecule has 0 aliphatic heterocycles. The maximum atomic E-state index is 10.6. The number of hydrogen-bond donors (Lipinski definition) is 0. The fourth-order valence-electron chi connectivity index (χ4n) is 0.384. The average Bonchev–Trinajstić information content (AvgIpc) is 1.59. The molecular formula is C4H7Cl3O2Si. The normalized spacial score (nSPS) is 11.2. The Kier molecular flexibility index (Phi) is 4.69. The summed E-state index contributed by atoms with van der Waals surface area (Å²) in [6.45, 7) is 1.85. The van der Waals surface area contributed by atoms with Gasteiger partial charge < -0.3 is 4.43 Å². The van der Waals surface area contributed by atoms with Crippen molar-refractivity contribution in [3.8, 4) is 0 Å². The van der Waals surface area contributed by atoms with Gasteiger partial charge >= 0.3 is 6.25 Å². The lowest BCUT2D eigenvalue weighted by molar-refractivity contribution is -0.134. The highest BCUT2D eigenvalue weighted by Crippen LogP contribution is 2.21. The number of rotatable bonds is 3. The number of carbonyl (C=O) groups excluding carboxylic acids is 1. The van der Waals surface area contributed by atoms with Crippen molar-refractivity contribution >= 4 is 45.5 Å². The van der Waals surface area contributed by atoms with Crippen molar-refractivity contribution in [2.75, 3.05) is 0 Å². The summed E-state index contributed by atoms with van der Waals surface area (Å²) in [4.78, 5) is 10.6. The molecule has 0 saturated carbocycles. The van der Waals surface area contributed by atoms with E-state index in [1.807, 2.05) is 6.92 Å². The van der Waals surface area contributed by atoms with Gasteiger partial charge in [-0.25, -0.2) is 0 Å². The van der Waals surface area contributed by atoms with E-state index in [1.165, 1.54) is 0 Å². The Balaban J connectivity index is 3.58. The first-order valence-electron chi connectivity index (χ1n) is 2.74. The van der Waals surface area contributed by atoms with E-state index in [9.17, 15) is 4.79 Å². The topological polar surface area (TPSA) is 26.3 Å². The number of hydrogen-bond acceptors (Lipinski definition) is 2. The van der Waals surface area contributed by atoms with Crippen LogP contribution in [0.2, 0.25) is 0 Å². The molecule has 2 nitrogen and oxygen atoms in total. The van der Waals surface area contributed by atoms with Gasteiger partial charge in [-0.1, -0.05) is 40.2 Å². The van der Waals surface area contributed by atoms with Crippen LogP contribution in [0.5, 0.6) is 0 Å². The van der Waals surface area contributed by atoms with E-state index in [0.29, 0.717) is 12.8 Å².